The number of fused-ring (bicyclic) bond motifs is 2. The molecule has 1 fully saturated rings. The predicted molar refractivity (Wildman–Crippen MR) is 153 cm³/mol. The van der Waals surface area contributed by atoms with Crippen molar-refractivity contribution in [2.24, 2.45) is 0 Å². The summed E-state index contributed by atoms with van der Waals surface area (Å²) in [4.78, 5) is 28.1. The molecular formula is C31H30N6O2. The fraction of sp³-hybridized carbons (Fsp3) is 0.226. The Hall–Kier alpha value is -4.56. The van der Waals surface area contributed by atoms with Gasteiger partial charge < -0.3 is 14.5 Å². The van der Waals surface area contributed by atoms with Crippen molar-refractivity contribution in [3.8, 4) is 11.5 Å². The average molecular weight is 519 g/mol. The summed E-state index contributed by atoms with van der Waals surface area (Å²) in [5, 5.41) is 4.29. The lowest BCUT2D eigenvalue weighted by atomic mass is 10.0. The summed E-state index contributed by atoms with van der Waals surface area (Å²) in [6.45, 7) is 3.09. The zero-order valence-corrected chi connectivity index (χ0v) is 22.0. The van der Waals surface area contributed by atoms with Crippen LogP contribution in [0.5, 0.6) is 11.5 Å². The smallest absolute Gasteiger partial charge is 0.159 e. The van der Waals surface area contributed by atoms with Gasteiger partial charge in [-0.05, 0) is 93.0 Å². The summed E-state index contributed by atoms with van der Waals surface area (Å²) in [6.07, 6.45) is 13.5. The van der Waals surface area contributed by atoms with E-state index < -0.39 is 0 Å². The second-order valence-electron chi connectivity index (χ2n) is 10.0. The monoisotopic (exact) mass is 518 g/mol. The Labute approximate surface area is 227 Å². The number of carbonyl (C=O) groups excluding carboxylic acids is 1. The molecule has 8 heteroatoms. The van der Waals surface area contributed by atoms with E-state index in [-0.39, 0.29) is 5.78 Å². The first-order chi connectivity index (χ1) is 19.0. The van der Waals surface area contributed by atoms with E-state index in [2.05, 4.69) is 32.2 Å². The summed E-state index contributed by atoms with van der Waals surface area (Å²) in [5.74, 6) is 2.29. The van der Waals surface area contributed by atoms with Crippen molar-refractivity contribution in [2.45, 2.75) is 32.2 Å². The number of aromatic nitrogens is 4. The molecule has 0 radical (unpaired) electrons. The normalized spacial score (nSPS) is 15.9. The van der Waals surface area contributed by atoms with E-state index in [1.165, 1.54) is 6.42 Å². The fourth-order valence-corrected chi connectivity index (χ4v) is 5.04. The molecule has 196 valence electrons. The van der Waals surface area contributed by atoms with Gasteiger partial charge in [-0.2, -0.15) is 0 Å². The molecular weight excluding hydrogens is 488 g/mol. The van der Waals surface area contributed by atoms with Gasteiger partial charge in [-0.3, -0.25) is 9.69 Å². The number of imidazole rings is 1. The van der Waals surface area contributed by atoms with Crippen molar-refractivity contribution in [2.75, 3.05) is 18.9 Å². The Morgan fingerprint density at radius 2 is 2.05 bits per heavy atom. The molecule has 0 saturated carbocycles. The molecule has 8 nitrogen and oxygen atoms in total. The summed E-state index contributed by atoms with van der Waals surface area (Å²) in [6, 6.07) is 16.0. The zero-order chi connectivity index (χ0) is 26.8. The van der Waals surface area contributed by atoms with Crippen LogP contribution in [0.2, 0.25) is 0 Å². The van der Waals surface area contributed by atoms with E-state index in [0.717, 1.165) is 57.8 Å². The third-order valence-electron chi connectivity index (χ3n) is 7.19. The maximum Gasteiger partial charge on any atom is 0.159 e. The van der Waals surface area contributed by atoms with Gasteiger partial charge in [-0.1, -0.05) is 12.1 Å². The first-order valence-corrected chi connectivity index (χ1v) is 13.1. The quantitative estimate of drug-likeness (QED) is 0.257. The number of ether oxygens (including phenoxy) is 1. The highest BCUT2D eigenvalue weighted by molar-refractivity contribution is 5.94. The maximum absolute atomic E-state index is 12.7. The van der Waals surface area contributed by atoms with Crippen LogP contribution >= 0.6 is 0 Å². The molecule has 6 rings (SSSR count). The summed E-state index contributed by atoms with van der Waals surface area (Å²) >= 11 is 0. The fourth-order valence-electron chi connectivity index (χ4n) is 5.04. The molecule has 0 aliphatic carbocycles. The van der Waals surface area contributed by atoms with E-state index >= 15 is 0 Å². The highest BCUT2D eigenvalue weighted by Gasteiger charge is 2.18. The second kappa shape index (κ2) is 10.7. The van der Waals surface area contributed by atoms with Crippen LogP contribution in [0.1, 0.15) is 24.0 Å². The molecule has 2 aromatic carbocycles. The summed E-state index contributed by atoms with van der Waals surface area (Å²) in [7, 11) is 2.11. The first-order valence-electron chi connectivity index (χ1n) is 13.1. The Morgan fingerprint density at radius 1 is 1.13 bits per heavy atom. The van der Waals surface area contributed by atoms with Gasteiger partial charge >= 0.3 is 0 Å². The molecule has 39 heavy (non-hydrogen) atoms. The van der Waals surface area contributed by atoms with Crippen molar-refractivity contribution in [1.29, 1.82) is 0 Å². The molecule has 1 atom stereocenters. The molecule has 1 saturated heterocycles. The third-order valence-corrected chi connectivity index (χ3v) is 7.19. The van der Waals surface area contributed by atoms with Gasteiger partial charge in [0.05, 0.1) is 11.7 Å². The minimum absolute atomic E-state index is 0.0967. The SMILES string of the molecule is Cc1cc(Nc2ncnc3ccc(CC(=O)/C=C/[C@H]4CCCN4C)cc23)ccc1Oc1ccc2nccn2c1. The third kappa shape index (κ3) is 5.51. The number of likely N-dealkylation sites (N-methyl/N-ethyl adjacent to an activating group) is 1. The Bertz CT molecular complexity index is 1690. The Kier molecular flexibility index (Phi) is 6.77. The van der Waals surface area contributed by atoms with E-state index in [9.17, 15) is 4.79 Å². The van der Waals surface area contributed by atoms with Gasteiger partial charge in [0.2, 0.25) is 0 Å². The van der Waals surface area contributed by atoms with Crippen molar-refractivity contribution < 1.29 is 9.53 Å². The number of aryl methyl sites for hydroxylation is 1. The second-order valence-corrected chi connectivity index (χ2v) is 10.0. The number of carbonyl (C=O) groups is 1. The van der Waals surface area contributed by atoms with Crippen molar-refractivity contribution in [3.63, 3.8) is 0 Å². The lowest BCUT2D eigenvalue weighted by Gasteiger charge is -2.14. The lowest BCUT2D eigenvalue weighted by molar-refractivity contribution is -0.114. The number of ketones is 1. The lowest BCUT2D eigenvalue weighted by Crippen LogP contribution is -2.22. The molecule has 0 unspecified atom stereocenters. The topological polar surface area (TPSA) is 84.7 Å². The number of rotatable bonds is 8. The van der Waals surface area contributed by atoms with Crippen molar-refractivity contribution in [1.82, 2.24) is 24.3 Å². The van der Waals surface area contributed by atoms with Gasteiger partial charge in [0, 0.05) is 35.9 Å². The number of benzene rings is 2. The molecule has 5 aromatic rings. The molecule has 0 bridgehead atoms. The van der Waals surface area contributed by atoms with E-state index in [0.29, 0.717) is 18.3 Å². The largest absolute Gasteiger partial charge is 0.456 e. The van der Waals surface area contributed by atoms with Crippen LogP contribution in [0.3, 0.4) is 0 Å². The van der Waals surface area contributed by atoms with Crippen LogP contribution < -0.4 is 10.1 Å². The minimum Gasteiger partial charge on any atom is -0.456 e. The maximum atomic E-state index is 12.7. The molecule has 3 aromatic heterocycles. The van der Waals surface area contributed by atoms with Crippen molar-refractivity contribution in [3.05, 3.63) is 96.7 Å². The van der Waals surface area contributed by atoms with Crippen molar-refractivity contribution >= 4 is 33.8 Å². The molecule has 1 aliphatic heterocycles. The van der Waals surface area contributed by atoms with E-state index in [1.807, 2.05) is 78.3 Å². The highest BCUT2D eigenvalue weighted by Crippen LogP contribution is 2.30. The van der Waals surface area contributed by atoms with Gasteiger partial charge in [-0.25, -0.2) is 15.0 Å². The molecule has 1 N–H and O–H groups in total. The van der Waals surface area contributed by atoms with Crippen LogP contribution in [0.25, 0.3) is 16.6 Å². The van der Waals surface area contributed by atoms with E-state index in [1.54, 1.807) is 18.6 Å². The highest BCUT2D eigenvalue weighted by atomic mass is 16.5. The molecule has 1 aliphatic rings. The van der Waals surface area contributed by atoms with Crippen LogP contribution in [0, 0.1) is 6.92 Å². The van der Waals surface area contributed by atoms with Crippen LogP contribution in [-0.4, -0.2) is 49.7 Å². The zero-order valence-electron chi connectivity index (χ0n) is 22.0. The van der Waals surface area contributed by atoms with Crippen LogP contribution in [-0.2, 0) is 11.2 Å². The minimum atomic E-state index is 0.0967. The summed E-state index contributed by atoms with van der Waals surface area (Å²) in [5.41, 5.74) is 4.49. The Morgan fingerprint density at radius 3 is 2.90 bits per heavy atom. The van der Waals surface area contributed by atoms with Crippen LogP contribution in [0.15, 0.2) is 85.6 Å². The average Bonchev–Trinajstić information content (AvgIpc) is 3.57. The number of allylic oxidation sites excluding steroid dienone is 1. The summed E-state index contributed by atoms with van der Waals surface area (Å²) < 4.78 is 8.05. The standard InChI is InChI=1S/C31H30N6O2/c1-21-16-23(6-11-29(21)39-26-9-12-30-32-13-15-37(30)19-26)35-31-27-18-22(5-10-28(27)33-20-34-31)17-25(38)8-7-24-4-3-14-36(24)2/h5-13,15-16,18-20,24H,3-4,14,17H2,1-2H3,(H,33,34,35)/b8-7+/t24-/m1/s1. The number of pyridine rings is 1. The molecule has 4 heterocycles. The van der Waals surface area contributed by atoms with Gasteiger partial charge in [0.25, 0.3) is 0 Å². The molecule has 0 spiro atoms. The number of hydrogen-bond acceptors (Lipinski definition) is 7. The number of anilines is 2. The number of hydrogen-bond donors (Lipinski definition) is 1. The number of nitrogens with one attached hydrogen (secondary N) is 1. The van der Waals surface area contributed by atoms with Gasteiger partial charge in [-0.15, -0.1) is 0 Å². The molecule has 0 amide bonds. The van der Waals surface area contributed by atoms with E-state index in [4.69, 9.17) is 4.74 Å². The van der Waals surface area contributed by atoms with Crippen LogP contribution in [0.4, 0.5) is 11.5 Å². The Balaban J connectivity index is 1.18. The number of likely N-dealkylation sites (tertiary alicyclic amines) is 1. The van der Waals surface area contributed by atoms with Gasteiger partial charge in [0.1, 0.15) is 29.3 Å². The van der Waals surface area contributed by atoms with Gasteiger partial charge in [0.15, 0.2) is 5.78 Å². The first kappa shape index (κ1) is 24.8. The predicted octanol–water partition coefficient (Wildman–Crippen LogP) is 5.88. The number of nitrogens with zero attached hydrogens (tertiary/aromatic N) is 5.